The van der Waals surface area contributed by atoms with Gasteiger partial charge in [-0.3, -0.25) is 9.59 Å². The van der Waals surface area contributed by atoms with Gasteiger partial charge in [-0.15, -0.1) is 11.3 Å². The number of amides is 1. The highest BCUT2D eigenvalue weighted by Gasteiger charge is 2.49. The minimum absolute atomic E-state index is 0.281. The van der Waals surface area contributed by atoms with Gasteiger partial charge in [0.2, 0.25) is 5.91 Å². The molecule has 27 heavy (non-hydrogen) atoms. The fourth-order valence-electron chi connectivity index (χ4n) is 3.21. The van der Waals surface area contributed by atoms with Gasteiger partial charge < -0.3 is 5.32 Å². The molecule has 0 bridgehead atoms. The lowest BCUT2D eigenvalue weighted by atomic mass is 9.73. The van der Waals surface area contributed by atoms with Crippen LogP contribution in [0.3, 0.4) is 0 Å². The first kappa shape index (κ1) is 17.8. The van der Waals surface area contributed by atoms with E-state index in [4.69, 9.17) is 11.6 Å². The zero-order valence-electron chi connectivity index (χ0n) is 14.0. The zero-order valence-corrected chi connectivity index (χ0v) is 15.5. The van der Waals surface area contributed by atoms with E-state index in [0.29, 0.717) is 26.0 Å². The Hall–Kier alpha value is -2.57. The van der Waals surface area contributed by atoms with Crippen molar-refractivity contribution in [3.8, 4) is 11.1 Å². The first-order valence-corrected chi connectivity index (χ1v) is 9.22. The second kappa shape index (κ2) is 6.25. The van der Waals surface area contributed by atoms with Gasteiger partial charge in [-0.2, -0.15) is 0 Å². The van der Waals surface area contributed by atoms with Crippen LogP contribution in [0.25, 0.3) is 11.1 Å². The number of nitrogens with one attached hydrogen (secondary N) is 1. The smallest absolute Gasteiger partial charge is 0.243 e. The summed E-state index contributed by atoms with van der Waals surface area (Å²) in [4.78, 5) is 26.2. The highest BCUT2D eigenvalue weighted by Crippen LogP contribution is 2.49. The molecule has 1 amide bonds. The van der Waals surface area contributed by atoms with Gasteiger partial charge in [0.1, 0.15) is 26.4 Å². The number of hydrogen-bond acceptors (Lipinski definition) is 3. The highest BCUT2D eigenvalue weighted by atomic mass is 35.5. The van der Waals surface area contributed by atoms with Crippen LogP contribution in [0.2, 0.25) is 4.34 Å². The molecule has 7 heteroatoms. The topological polar surface area (TPSA) is 46.2 Å². The van der Waals surface area contributed by atoms with E-state index in [0.717, 1.165) is 11.3 Å². The van der Waals surface area contributed by atoms with Crippen molar-refractivity contribution in [3.05, 3.63) is 75.6 Å². The Labute approximate surface area is 162 Å². The molecule has 2 aromatic carbocycles. The second-order valence-electron chi connectivity index (χ2n) is 6.38. The molecule has 0 radical (unpaired) electrons. The molecule has 1 N–H and O–H groups in total. The molecule has 1 aliphatic rings. The number of hydrogen-bond donors (Lipinski definition) is 1. The van der Waals surface area contributed by atoms with E-state index < -0.39 is 28.7 Å². The largest absolute Gasteiger partial charge is 0.316 e. The van der Waals surface area contributed by atoms with Crippen molar-refractivity contribution in [2.75, 3.05) is 5.32 Å². The van der Waals surface area contributed by atoms with E-state index >= 15 is 0 Å². The summed E-state index contributed by atoms with van der Waals surface area (Å²) in [5, 5.41) is 3.10. The Morgan fingerprint density at radius 2 is 1.48 bits per heavy atom. The Morgan fingerprint density at radius 3 is 2.07 bits per heavy atom. The number of anilines is 1. The molecular formula is C20H12ClF2NO2S. The van der Waals surface area contributed by atoms with E-state index in [2.05, 4.69) is 5.32 Å². The van der Waals surface area contributed by atoms with E-state index in [9.17, 15) is 18.4 Å². The Morgan fingerprint density at radius 1 is 0.926 bits per heavy atom. The van der Waals surface area contributed by atoms with Gasteiger partial charge >= 0.3 is 0 Å². The molecular weight excluding hydrogens is 392 g/mol. The van der Waals surface area contributed by atoms with Crippen molar-refractivity contribution in [1.82, 2.24) is 0 Å². The van der Waals surface area contributed by atoms with Gasteiger partial charge in [0, 0.05) is 5.56 Å². The van der Waals surface area contributed by atoms with Crippen LogP contribution in [-0.2, 0) is 10.2 Å². The summed E-state index contributed by atoms with van der Waals surface area (Å²) in [6, 6.07) is 10.9. The summed E-state index contributed by atoms with van der Waals surface area (Å²) in [7, 11) is 0. The number of fused-ring (bicyclic) bond motifs is 1. The number of carbonyl (C=O) groups excluding carboxylic acids is 2. The number of ketones is 1. The van der Waals surface area contributed by atoms with Crippen LogP contribution >= 0.6 is 22.9 Å². The van der Waals surface area contributed by atoms with E-state index in [-0.39, 0.29) is 5.56 Å². The van der Waals surface area contributed by atoms with Gasteiger partial charge in [0.25, 0.3) is 0 Å². The van der Waals surface area contributed by atoms with Crippen molar-refractivity contribution in [3.63, 3.8) is 0 Å². The predicted molar refractivity (Wildman–Crippen MR) is 101 cm³/mol. The minimum atomic E-state index is -1.53. The third-order valence-electron chi connectivity index (χ3n) is 4.78. The van der Waals surface area contributed by atoms with Crippen LogP contribution in [-0.4, -0.2) is 11.7 Å². The lowest BCUT2D eigenvalue weighted by Gasteiger charge is -2.31. The molecule has 136 valence electrons. The van der Waals surface area contributed by atoms with E-state index in [1.807, 2.05) is 0 Å². The average molecular weight is 404 g/mol. The number of halogens is 3. The summed E-state index contributed by atoms with van der Waals surface area (Å²) < 4.78 is 26.9. The first-order chi connectivity index (χ1) is 12.8. The standard InChI is InChI=1S/C20H12ClF2NO2S/c1-20(11-4-8-13(23)9-5-11)16(25)15-14(10-2-6-12(22)7-3-10)17(21)27-18(15)24-19(20)26/h2-9H,1H3,(H,24,26). The number of Topliss-reactive ketones (excluding diaryl/α,β-unsaturated/α-hetero) is 1. The monoisotopic (exact) mass is 403 g/mol. The first-order valence-electron chi connectivity index (χ1n) is 8.03. The third kappa shape index (κ3) is 2.67. The van der Waals surface area contributed by atoms with Crippen LogP contribution in [0, 0.1) is 11.6 Å². The van der Waals surface area contributed by atoms with Gasteiger partial charge in [-0.05, 0) is 42.3 Å². The Kier molecular flexibility index (Phi) is 4.13. The van der Waals surface area contributed by atoms with Gasteiger partial charge in [0.05, 0.1) is 5.56 Å². The average Bonchev–Trinajstić information content (AvgIpc) is 2.97. The Bertz CT molecular complexity index is 1080. The SMILES string of the molecule is CC1(c2ccc(F)cc2)C(=O)Nc2sc(Cl)c(-c3ccc(F)cc3)c2C1=O. The fourth-order valence-corrected chi connectivity index (χ4v) is 4.59. The normalized spacial score (nSPS) is 19.0. The van der Waals surface area contributed by atoms with Crippen LogP contribution in [0.1, 0.15) is 22.8 Å². The fraction of sp³-hybridized carbons (Fsp3) is 0.100. The summed E-state index contributed by atoms with van der Waals surface area (Å²) >= 11 is 7.43. The van der Waals surface area contributed by atoms with E-state index in [1.165, 1.54) is 55.5 Å². The number of carbonyl (C=O) groups is 2. The summed E-state index contributed by atoms with van der Waals surface area (Å²) in [6.07, 6.45) is 0. The quantitative estimate of drug-likeness (QED) is 0.579. The van der Waals surface area contributed by atoms with Crippen LogP contribution in [0.5, 0.6) is 0 Å². The molecule has 1 aliphatic heterocycles. The van der Waals surface area contributed by atoms with Crippen molar-refractivity contribution >= 4 is 39.6 Å². The molecule has 1 aromatic heterocycles. The van der Waals surface area contributed by atoms with E-state index in [1.54, 1.807) is 0 Å². The lowest BCUT2D eigenvalue weighted by Crippen LogP contribution is -2.48. The molecule has 4 rings (SSSR count). The molecule has 0 saturated heterocycles. The van der Waals surface area contributed by atoms with Crippen molar-refractivity contribution < 1.29 is 18.4 Å². The van der Waals surface area contributed by atoms with Gasteiger partial charge in [-0.1, -0.05) is 35.9 Å². The van der Waals surface area contributed by atoms with Gasteiger partial charge in [-0.25, -0.2) is 8.78 Å². The van der Waals surface area contributed by atoms with Crippen molar-refractivity contribution in [2.24, 2.45) is 0 Å². The third-order valence-corrected chi connectivity index (χ3v) is 6.10. The van der Waals surface area contributed by atoms with Crippen molar-refractivity contribution in [2.45, 2.75) is 12.3 Å². The number of benzene rings is 2. The van der Waals surface area contributed by atoms with Crippen LogP contribution in [0.4, 0.5) is 13.8 Å². The lowest BCUT2D eigenvalue weighted by molar-refractivity contribution is -0.119. The molecule has 0 spiro atoms. The Balaban J connectivity index is 1.91. The predicted octanol–water partition coefficient (Wildman–Crippen LogP) is 5.44. The molecule has 2 heterocycles. The van der Waals surface area contributed by atoms with Crippen LogP contribution < -0.4 is 5.32 Å². The summed E-state index contributed by atoms with van der Waals surface area (Å²) in [5.74, 6) is -1.81. The summed E-state index contributed by atoms with van der Waals surface area (Å²) in [6.45, 7) is 1.50. The zero-order chi connectivity index (χ0) is 19.3. The maximum Gasteiger partial charge on any atom is 0.243 e. The van der Waals surface area contributed by atoms with Gasteiger partial charge in [0.15, 0.2) is 5.78 Å². The second-order valence-corrected chi connectivity index (χ2v) is 8.00. The molecule has 1 atom stereocenters. The number of thiophene rings is 1. The summed E-state index contributed by atoms with van der Waals surface area (Å²) in [5.41, 5.74) is 0.159. The van der Waals surface area contributed by atoms with Crippen molar-refractivity contribution in [1.29, 1.82) is 0 Å². The maximum atomic E-state index is 13.4. The maximum absolute atomic E-state index is 13.4. The highest BCUT2D eigenvalue weighted by molar-refractivity contribution is 7.21. The molecule has 3 aromatic rings. The molecule has 3 nitrogen and oxygen atoms in total. The molecule has 1 unspecified atom stereocenters. The molecule has 0 aliphatic carbocycles. The minimum Gasteiger partial charge on any atom is -0.316 e. The molecule has 0 saturated carbocycles. The number of rotatable bonds is 2. The van der Waals surface area contributed by atoms with Crippen LogP contribution in [0.15, 0.2) is 48.5 Å². The molecule has 0 fully saturated rings.